The molecule has 2 fully saturated rings. The molecule has 3 rings (SSSR count). The third kappa shape index (κ3) is 3.59. The number of morpholine rings is 1. The van der Waals surface area contributed by atoms with E-state index < -0.39 is 11.2 Å². The van der Waals surface area contributed by atoms with Gasteiger partial charge in [-0.25, -0.2) is 9.78 Å². The van der Waals surface area contributed by atoms with Crippen molar-refractivity contribution in [3.05, 3.63) is 12.3 Å². The number of rotatable bonds is 2. The topological polar surface area (TPSA) is 79.8 Å². The second-order valence-corrected chi connectivity index (χ2v) is 7.27. The van der Waals surface area contributed by atoms with Crippen molar-refractivity contribution in [2.24, 2.45) is 0 Å². The molecule has 1 spiro atoms. The molecule has 0 saturated carbocycles. The van der Waals surface area contributed by atoms with Crippen LogP contribution in [0.25, 0.3) is 0 Å². The van der Waals surface area contributed by atoms with Crippen molar-refractivity contribution in [2.45, 2.75) is 31.5 Å². The van der Waals surface area contributed by atoms with Crippen LogP contribution in [0, 0.1) is 0 Å². The molecule has 2 aliphatic heterocycles. The maximum Gasteiger partial charge on any atom is 0.324 e. The second kappa shape index (κ2) is 6.18. The van der Waals surface area contributed by atoms with Gasteiger partial charge < -0.3 is 19.3 Å². The lowest BCUT2D eigenvalue weighted by molar-refractivity contribution is -0.185. The monoisotopic (exact) mass is 335 g/mol. The Bertz CT molecular complexity index is 613. The first kappa shape index (κ1) is 16.9. The number of hydrogen-bond acceptors (Lipinski definition) is 6. The lowest BCUT2D eigenvalue weighted by atomic mass is 9.95. The van der Waals surface area contributed by atoms with Crippen LogP contribution in [-0.2, 0) is 9.47 Å². The van der Waals surface area contributed by atoms with Gasteiger partial charge in [-0.15, -0.1) is 0 Å². The molecule has 1 N–H and O–H groups in total. The van der Waals surface area contributed by atoms with E-state index in [0.29, 0.717) is 32.3 Å². The van der Waals surface area contributed by atoms with E-state index in [2.05, 4.69) is 15.3 Å². The number of aromatic nitrogens is 2. The highest BCUT2D eigenvalue weighted by Gasteiger charge is 2.48. The average molecular weight is 335 g/mol. The molecule has 2 aliphatic rings. The van der Waals surface area contributed by atoms with Crippen LogP contribution in [0.4, 0.5) is 16.6 Å². The summed E-state index contributed by atoms with van der Waals surface area (Å²) in [6.45, 7) is 6.20. The summed E-state index contributed by atoms with van der Waals surface area (Å²) in [4.78, 5) is 24.8. The number of nitrogens with zero attached hydrogens (tertiary/aromatic N) is 4. The molecule has 1 aromatic rings. The molecule has 0 aliphatic carbocycles. The molecular weight excluding hydrogens is 310 g/mol. The predicted molar refractivity (Wildman–Crippen MR) is 90.3 cm³/mol. The van der Waals surface area contributed by atoms with Crippen LogP contribution < -0.4 is 10.2 Å². The maximum atomic E-state index is 12.7. The van der Waals surface area contributed by atoms with E-state index in [1.165, 1.54) is 0 Å². The third-order valence-corrected chi connectivity index (χ3v) is 4.22. The zero-order chi connectivity index (χ0) is 17.4. The van der Waals surface area contributed by atoms with Crippen molar-refractivity contribution in [3.63, 3.8) is 0 Å². The highest BCUT2D eigenvalue weighted by Crippen LogP contribution is 2.34. The lowest BCUT2D eigenvalue weighted by Crippen LogP contribution is -2.62. The lowest BCUT2D eigenvalue weighted by Gasteiger charge is -2.47. The van der Waals surface area contributed by atoms with Gasteiger partial charge in [0.15, 0.2) is 0 Å². The molecule has 1 atom stereocenters. The van der Waals surface area contributed by atoms with E-state index >= 15 is 0 Å². The summed E-state index contributed by atoms with van der Waals surface area (Å²) in [5.41, 5.74) is -0.832. The van der Waals surface area contributed by atoms with Gasteiger partial charge in [-0.05, 0) is 19.9 Å². The molecule has 132 valence electrons. The number of anilines is 2. The Labute approximate surface area is 142 Å². The number of hydrogen-bond donors (Lipinski definition) is 1. The van der Waals surface area contributed by atoms with Gasteiger partial charge in [0.2, 0.25) is 5.95 Å². The maximum absolute atomic E-state index is 12.7. The number of urea groups is 1. The first-order chi connectivity index (χ1) is 11.3. The van der Waals surface area contributed by atoms with Gasteiger partial charge >= 0.3 is 6.03 Å². The molecule has 2 amide bonds. The fourth-order valence-corrected chi connectivity index (χ4v) is 3.28. The van der Waals surface area contributed by atoms with Crippen LogP contribution >= 0.6 is 0 Å². The van der Waals surface area contributed by atoms with Crippen LogP contribution in [0.1, 0.15) is 20.3 Å². The van der Waals surface area contributed by atoms with Crippen LogP contribution in [-0.4, -0.2) is 72.5 Å². The molecule has 8 heteroatoms. The fourth-order valence-electron chi connectivity index (χ4n) is 3.28. The molecule has 8 nitrogen and oxygen atoms in total. The highest BCUT2D eigenvalue weighted by molar-refractivity contribution is 5.87. The summed E-state index contributed by atoms with van der Waals surface area (Å²) in [6.07, 6.45) is 2.43. The number of carbonyl (C=O) groups is 1. The molecule has 1 aromatic heterocycles. The molecule has 3 heterocycles. The van der Waals surface area contributed by atoms with E-state index in [0.717, 1.165) is 12.2 Å². The molecular formula is C16H25N5O3. The summed E-state index contributed by atoms with van der Waals surface area (Å²) < 4.78 is 11.7. The van der Waals surface area contributed by atoms with Gasteiger partial charge in [-0.3, -0.25) is 5.32 Å². The van der Waals surface area contributed by atoms with E-state index in [1.807, 2.05) is 32.8 Å². The Balaban J connectivity index is 1.73. The number of nitrogens with one attached hydrogen (secondary N) is 1. The Morgan fingerprint density at radius 3 is 2.83 bits per heavy atom. The van der Waals surface area contributed by atoms with Crippen LogP contribution in [0.15, 0.2) is 12.3 Å². The first-order valence-corrected chi connectivity index (χ1v) is 8.13. The minimum atomic E-state index is -0.421. The van der Waals surface area contributed by atoms with Crippen molar-refractivity contribution in [3.8, 4) is 0 Å². The number of amides is 2. The number of ether oxygens (including phenoxy) is 2. The van der Waals surface area contributed by atoms with Crippen molar-refractivity contribution >= 4 is 17.8 Å². The Morgan fingerprint density at radius 2 is 2.17 bits per heavy atom. The standard InChI is InChI=1S/C16H25N5O3/c1-15(2)9-21(10-16(24-15)6-8-23-11-16)14(22)19-13-17-7-5-12(18-13)20(3)4/h5,7H,6,8-11H2,1-4H3,(H,17,18,19,22)/t16-/m0/s1. The smallest absolute Gasteiger partial charge is 0.324 e. The Morgan fingerprint density at radius 1 is 1.38 bits per heavy atom. The first-order valence-electron chi connectivity index (χ1n) is 8.13. The largest absolute Gasteiger partial charge is 0.378 e. The SMILES string of the molecule is CN(C)c1ccnc(NC(=O)N2CC(C)(C)O[C@@]3(CCOC3)C2)n1. The van der Waals surface area contributed by atoms with Crippen LogP contribution in [0.3, 0.4) is 0 Å². The second-order valence-electron chi connectivity index (χ2n) is 7.27. The number of carbonyl (C=O) groups excluding carboxylic acids is 1. The Kier molecular flexibility index (Phi) is 4.35. The highest BCUT2D eigenvalue weighted by atomic mass is 16.6. The zero-order valence-electron chi connectivity index (χ0n) is 14.7. The fraction of sp³-hybridized carbons (Fsp3) is 0.688. The van der Waals surface area contributed by atoms with E-state index in [9.17, 15) is 4.79 Å². The van der Waals surface area contributed by atoms with Gasteiger partial charge in [0.1, 0.15) is 11.4 Å². The molecule has 0 radical (unpaired) electrons. The van der Waals surface area contributed by atoms with Gasteiger partial charge in [0.05, 0.1) is 25.3 Å². The molecule has 0 aromatic carbocycles. The average Bonchev–Trinajstić information content (AvgIpc) is 2.93. The van der Waals surface area contributed by atoms with Crippen molar-refractivity contribution < 1.29 is 14.3 Å². The zero-order valence-corrected chi connectivity index (χ0v) is 14.7. The van der Waals surface area contributed by atoms with Crippen LogP contribution in [0.2, 0.25) is 0 Å². The van der Waals surface area contributed by atoms with E-state index in [-0.39, 0.29) is 6.03 Å². The minimum absolute atomic E-state index is 0.214. The minimum Gasteiger partial charge on any atom is -0.378 e. The van der Waals surface area contributed by atoms with Gasteiger partial charge in [-0.2, -0.15) is 4.98 Å². The summed E-state index contributed by atoms with van der Waals surface area (Å²) >= 11 is 0. The summed E-state index contributed by atoms with van der Waals surface area (Å²) in [7, 11) is 3.78. The molecule has 24 heavy (non-hydrogen) atoms. The predicted octanol–water partition coefficient (Wildman–Crippen LogP) is 1.34. The normalized spacial score (nSPS) is 25.8. The molecule has 0 bridgehead atoms. The third-order valence-electron chi connectivity index (χ3n) is 4.22. The Hall–Kier alpha value is -1.93. The summed E-state index contributed by atoms with van der Waals surface area (Å²) in [5.74, 6) is 1.04. The molecule has 0 unspecified atom stereocenters. The molecule has 2 saturated heterocycles. The van der Waals surface area contributed by atoms with Crippen LogP contribution in [0.5, 0.6) is 0 Å². The van der Waals surface area contributed by atoms with Crippen molar-refractivity contribution in [2.75, 3.05) is 50.6 Å². The van der Waals surface area contributed by atoms with Gasteiger partial charge in [-0.1, -0.05) is 0 Å². The van der Waals surface area contributed by atoms with E-state index in [1.54, 1.807) is 17.2 Å². The van der Waals surface area contributed by atoms with Gasteiger partial charge in [0.25, 0.3) is 0 Å². The van der Waals surface area contributed by atoms with Gasteiger partial charge in [0, 0.05) is 33.3 Å². The van der Waals surface area contributed by atoms with E-state index in [4.69, 9.17) is 9.47 Å². The van der Waals surface area contributed by atoms with Crippen molar-refractivity contribution in [1.82, 2.24) is 14.9 Å². The summed E-state index contributed by atoms with van der Waals surface area (Å²) in [5, 5.41) is 2.79. The van der Waals surface area contributed by atoms with Crippen molar-refractivity contribution in [1.29, 1.82) is 0 Å². The quantitative estimate of drug-likeness (QED) is 0.879. The summed E-state index contributed by atoms with van der Waals surface area (Å²) in [6, 6.07) is 1.58.